The standard InChI is InChI=1S/C58H81ClN8O16/c59-24-6-1-2-7-28-73-34-35-74-30-13-19-52(70)80-42-40-77-39-37-76-33-26-62-58(72)81-32-9-8-31-79-51(69)18-12-29-75-36-38-78-41-43-82-57(71)61-25-10-17-50(68)66-27-11-14-47(44-66)67-56-53(55(60)63-45-64-56)54(65-67)46-20-22-49(23-21-46)83-48-15-4-3-5-16-48/h3-5,8-10,15-17,20-23,45,47H,1-2,6-7,11-14,18-19,24-44H2,(H,61,71)(H,62,72)(H2,60,63,64)/b9-8+,17-10+/t47-/m1/s1. The number of carbonyl (C=O) groups excluding carboxylic acids is 5. The molecule has 3 heterocycles. The zero-order chi connectivity index (χ0) is 58.8. The number of nitrogen functional groups attached to an aromatic ring is 1. The zero-order valence-corrected chi connectivity index (χ0v) is 48.1. The van der Waals surface area contributed by atoms with Crippen LogP contribution in [-0.2, 0) is 61.8 Å². The van der Waals surface area contributed by atoms with Gasteiger partial charge in [-0.25, -0.2) is 24.2 Å². The van der Waals surface area contributed by atoms with Crippen LogP contribution in [0.3, 0.4) is 0 Å². The Labute approximate surface area is 489 Å². The molecular formula is C58H81ClN8O16. The Morgan fingerprint density at radius 1 is 0.614 bits per heavy atom. The van der Waals surface area contributed by atoms with Gasteiger partial charge in [0, 0.05) is 76.4 Å². The molecule has 456 valence electrons. The van der Waals surface area contributed by atoms with E-state index in [9.17, 15) is 24.0 Å². The largest absolute Gasteiger partial charge is 0.463 e. The summed E-state index contributed by atoms with van der Waals surface area (Å²) in [6, 6.07) is 16.9. The molecule has 1 fully saturated rings. The summed E-state index contributed by atoms with van der Waals surface area (Å²) in [6.45, 7) is 5.85. The average molecular weight is 1180 g/mol. The first-order valence-electron chi connectivity index (χ1n) is 28.3. The molecule has 3 amide bonds. The van der Waals surface area contributed by atoms with Crippen molar-refractivity contribution in [2.24, 2.45) is 0 Å². The van der Waals surface area contributed by atoms with Crippen LogP contribution in [0.5, 0.6) is 11.5 Å². The molecule has 2 aromatic carbocycles. The molecule has 4 N–H and O–H groups in total. The summed E-state index contributed by atoms with van der Waals surface area (Å²) in [7, 11) is 0. The summed E-state index contributed by atoms with van der Waals surface area (Å²) in [5.41, 5.74) is 8.42. The summed E-state index contributed by atoms with van der Waals surface area (Å²) in [5.74, 6) is 1.52. The lowest BCUT2D eigenvalue weighted by Crippen LogP contribution is -2.40. The number of aromatic nitrogens is 4. The number of rotatable bonds is 43. The Balaban J connectivity index is 0.773. The highest BCUT2D eigenvalue weighted by Gasteiger charge is 2.28. The van der Waals surface area contributed by atoms with Crippen molar-refractivity contribution in [2.45, 2.75) is 70.3 Å². The van der Waals surface area contributed by atoms with Gasteiger partial charge in [-0.3, -0.25) is 14.4 Å². The number of unbranched alkanes of at least 4 members (excludes halogenated alkanes) is 3. The van der Waals surface area contributed by atoms with Crippen LogP contribution in [0, 0.1) is 0 Å². The van der Waals surface area contributed by atoms with Gasteiger partial charge in [0.2, 0.25) is 5.91 Å². The first-order chi connectivity index (χ1) is 40.7. The summed E-state index contributed by atoms with van der Waals surface area (Å²) in [4.78, 5) is 71.7. The first kappa shape index (κ1) is 66.9. The quantitative estimate of drug-likeness (QED) is 0.00991. The van der Waals surface area contributed by atoms with E-state index in [0.717, 1.165) is 56.4 Å². The number of fused-ring (bicyclic) bond motifs is 1. The van der Waals surface area contributed by atoms with Crippen molar-refractivity contribution in [3.63, 3.8) is 0 Å². The first-order valence-corrected chi connectivity index (χ1v) is 28.8. The van der Waals surface area contributed by atoms with E-state index in [0.29, 0.717) is 99.7 Å². The molecule has 25 heteroatoms. The number of ether oxygens (including phenoxy) is 11. The van der Waals surface area contributed by atoms with Gasteiger partial charge in [0.25, 0.3) is 0 Å². The molecule has 1 saturated heterocycles. The number of para-hydroxylation sites is 1. The third-order valence-corrected chi connectivity index (χ3v) is 12.5. The number of likely N-dealkylation sites (tertiary alicyclic amines) is 1. The molecule has 2 aromatic heterocycles. The van der Waals surface area contributed by atoms with Gasteiger partial charge in [-0.15, -0.1) is 11.6 Å². The van der Waals surface area contributed by atoms with Gasteiger partial charge in [0.1, 0.15) is 55.8 Å². The van der Waals surface area contributed by atoms with E-state index >= 15 is 0 Å². The topological polar surface area (TPSA) is 284 Å². The highest BCUT2D eigenvalue weighted by atomic mass is 35.5. The lowest BCUT2D eigenvalue weighted by Gasteiger charge is -2.32. The highest BCUT2D eigenvalue weighted by Crippen LogP contribution is 2.35. The number of hydrogen-bond acceptors (Lipinski definition) is 20. The van der Waals surface area contributed by atoms with Crippen LogP contribution in [0.15, 0.2) is 85.2 Å². The second-order valence-corrected chi connectivity index (χ2v) is 19.0. The van der Waals surface area contributed by atoms with Gasteiger partial charge < -0.3 is 73.4 Å². The van der Waals surface area contributed by atoms with Crippen LogP contribution in [-0.4, -0.2) is 192 Å². The fraction of sp³-hybridized carbons (Fsp3) is 0.552. The van der Waals surface area contributed by atoms with Crippen LogP contribution in [0.25, 0.3) is 22.3 Å². The Morgan fingerprint density at radius 3 is 1.90 bits per heavy atom. The summed E-state index contributed by atoms with van der Waals surface area (Å²) < 4.78 is 61.0. The third-order valence-electron chi connectivity index (χ3n) is 12.2. The second-order valence-electron chi connectivity index (χ2n) is 18.6. The lowest BCUT2D eigenvalue weighted by atomic mass is 10.1. The number of nitrogens with one attached hydrogen (secondary N) is 2. The second kappa shape index (κ2) is 42.0. The van der Waals surface area contributed by atoms with Crippen LogP contribution >= 0.6 is 11.6 Å². The molecule has 0 radical (unpaired) electrons. The number of benzene rings is 2. The Bertz CT molecular complexity index is 2540. The van der Waals surface area contributed by atoms with E-state index in [1.54, 1.807) is 23.1 Å². The smallest absolute Gasteiger partial charge is 0.407 e. The Kier molecular flexibility index (Phi) is 33.8. The van der Waals surface area contributed by atoms with E-state index < -0.39 is 18.2 Å². The van der Waals surface area contributed by atoms with Crippen molar-refractivity contribution >= 4 is 58.5 Å². The molecule has 0 bridgehead atoms. The Morgan fingerprint density at radius 2 is 1.20 bits per heavy atom. The predicted molar refractivity (Wildman–Crippen MR) is 308 cm³/mol. The van der Waals surface area contributed by atoms with Crippen LogP contribution in [0.4, 0.5) is 15.4 Å². The average Bonchev–Trinajstić information content (AvgIpc) is 3.03. The van der Waals surface area contributed by atoms with Crippen LogP contribution < -0.4 is 21.1 Å². The maximum absolute atomic E-state index is 13.2. The summed E-state index contributed by atoms with van der Waals surface area (Å²) in [6.07, 6.45) is 13.6. The van der Waals surface area contributed by atoms with Gasteiger partial charge >= 0.3 is 24.1 Å². The van der Waals surface area contributed by atoms with Crippen molar-refractivity contribution in [3.8, 4) is 22.8 Å². The fourth-order valence-corrected chi connectivity index (χ4v) is 8.24. The van der Waals surface area contributed by atoms with Gasteiger partial charge in [0.15, 0.2) is 5.65 Å². The fourth-order valence-electron chi connectivity index (χ4n) is 8.06. The molecule has 0 spiro atoms. The Hall–Kier alpha value is -6.93. The molecule has 1 aliphatic heterocycles. The zero-order valence-electron chi connectivity index (χ0n) is 47.3. The van der Waals surface area contributed by atoms with Gasteiger partial charge in [-0.05, 0) is 87.1 Å². The maximum Gasteiger partial charge on any atom is 0.407 e. The summed E-state index contributed by atoms with van der Waals surface area (Å²) in [5, 5.41) is 10.8. The van der Waals surface area contributed by atoms with E-state index in [-0.39, 0.29) is 103 Å². The molecule has 83 heavy (non-hydrogen) atoms. The SMILES string of the molecule is Nc1ncnc2c1c(-c1ccc(Oc3ccccc3)cc1)nn2[C@@H]1CCCN(C(=O)/C=C/CNC(=O)OCCOCCOCCCC(=O)OC/C=C/COC(=O)NCCOCCOCCOC(=O)CCCOCCOCCCCCCCl)C1. The number of esters is 2. The number of carbonyl (C=O) groups is 5. The highest BCUT2D eigenvalue weighted by molar-refractivity contribution is 6.17. The molecule has 0 aliphatic carbocycles. The number of alkyl carbamates (subject to hydrolysis) is 2. The number of nitrogens with two attached hydrogens (primary N) is 1. The minimum absolute atomic E-state index is 0.00532. The van der Waals surface area contributed by atoms with E-state index in [1.165, 1.54) is 12.4 Å². The minimum atomic E-state index is -0.653. The van der Waals surface area contributed by atoms with Crippen molar-refractivity contribution in [3.05, 3.63) is 85.2 Å². The number of amides is 3. The molecule has 5 rings (SSSR count). The molecule has 1 atom stereocenters. The van der Waals surface area contributed by atoms with Gasteiger partial charge in [-0.1, -0.05) is 37.1 Å². The van der Waals surface area contributed by atoms with Crippen LogP contribution in [0.2, 0.25) is 0 Å². The van der Waals surface area contributed by atoms with Gasteiger partial charge in [0.05, 0.1) is 70.9 Å². The lowest BCUT2D eigenvalue weighted by molar-refractivity contribution is -0.146. The number of alkyl halides is 1. The molecule has 24 nitrogen and oxygen atoms in total. The monoisotopic (exact) mass is 1180 g/mol. The normalized spacial score (nSPS) is 13.4. The molecule has 4 aromatic rings. The maximum atomic E-state index is 13.2. The van der Waals surface area contributed by atoms with E-state index in [1.807, 2.05) is 59.3 Å². The minimum Gasteiger partial charge on any atom is -0.463 e. The predicted octanol–water partition coefficient (Wildman–Crippen LogP) is 7.14. The number of hydrogen-bond donors (Lipinski definition) is 3. The molecule has 1 aliphatic rings. The molecule has 0 saturated carbocycles. The van der Waals surface area contributed by atoms with E-state index in [2.05, 4.69) is 20.6 Å². The number of piperidine rings is 1. The summed E-state index contributed by atoms with van der Waals surface area (Å²) >= 11 is 5.66. The van der Waals surface area contributed by atoms with E-state index in [4.69, 9.17) is 74.5 Å². The van der Waals surface area contributed by atoms with Crippen molar-refractivity contribution in [1.82, 2.24) is 35.3 Å². The third kappa shape index (κ3) is 28.3. The van der Waals surface area contributed by atoms with Crippen LogP contribution in [0.1, 0.15) is 70.3 Å². The van der Waals surface area contributed by atoms with Gasteiger partial charge in [-0.2, -0.15) is 5.10 Å². The molecule has 0 unspecified atom stereocenters. The van der Waals surface area contributed by atoms with Crippen molar-refractivity contribution in [1.29, 1.82) is 0 Å². The number of halogens is 1. The number of nitrogens with zero attached hydrogens (tertiary/aromatic N) is 5. The number of anilines is 1. The van der Waals surface area contributed by atoms with Crippen molar-refractivity contribution < 1.29 is 76.1 Å². The van der Waals surface area contributed by atoms with Crippen molar-refractivity contribution in [2.75, 3.05) is 144 Å². The molecular weight excluding hydrogens is 1100 g/mol.